The third-order valence-electron chi connectivity index (χ3n) is 2.93. The Morgan fingerprint density at radius 1 is 1.20 bits per heavy atom. The van der Waals surface area contributed by atoms with E-state index in [2.05, 4.69) is 24.1 Å². The molecule has 1 aromatic rings. The van der Waals surface area contributed by atoms with Crippen molar-refractivity contribution in [2.75, 3.05) is 5.32 Å². The van der Waals surface area contributed by atoms with Crippen molar-refractivity contribution in [2.24, 2.45) is 5.92 Å². The van der Waals surface area contributed by atoms with Crippen molar-refractivity contribution in [1.29, 1.82) is 0 Å². The van der Waals surface area contributed by atoms with Crippen molar-refractivity contribution in [3.63, 3.8) is 0 Å². The minimum Gasteiger partial charge on any atom is -0.368 e. The summed E-state index contributed by atoms with van der Waals surface area (Å²) in [5, 5.41) is 2.82. The predicted molar refractivity (Wildman–Crippen MR) is 76.0 cm³/mol. The van der Waals surface area contributed by atoms with Crippen molar-refractivity contribution in [3.05, 3.63) is 22.8 Å². The highest BCUT2D eigenvalue weighted by Crippen LogP contribution is 2.32. The molecule has 114 valence electrons. The van der Waals surface area contributed by atoms with Gasteiger partial charge in [-0.2, -0.15) is 13.2 Å². The Morgan fingerprint density at radius 2 is 1.85 bits per heavy atom. The fourth-order valence-corrected chi connectivity index (χ4v) is 2.10. The molecule has 0 amide bonds. The van der Waals surface area contributed by atoms with Crippen LogP contribution in [-0.2, 0) is 6.18 Å². The van der Waals surface area contributed by atoms with Gasteiger partial charge in [-0.1, -0.05) is 38.3 Å². The molecule has 2 nitrogen and oxygen atoms in total. The Bertz CT molecular complexity index is 433. The number of nitrogens with zero attached hydrogens (tertiary/aromatic N) is 1. The summed E-state index contributed by atoms with van der Waals surface area (Å²) in [6.45, 7) is 6.22. The summed E-state index contributed by atoms with van der Waals surface area (Å²) in [5.74, 6) is 0.796. The maximum atomic E-state index is 12.7. The lowest BCUT2D eigenvalue weighted by Crippen LogP contribution is -2.17. The van der Waals surface area contributed by atoms with Crippen LogP contribution in [0.1, 0.15) is 45.6 Å². The molecule has 6 heteroatoms. The van der Waals surface area contributed by atoms with Crippen LogP contribution in [-0.4, -0.2) is 11.0 Å². The van der Waals surface area contributed by atoms with E-state index in [4.69, 9.17) is 11.6 Å². The summed E-state index contributed by atoms with van der Waals surface area (Å²) in [7, 11) is 0. The monoisotopic (exact) mass is 308 g/mol. The second-order valence-electron chi connectivity index (χ2n) is 5.43. The molecule has 0 aliphatic rings. The van der Waals surface area contributed by atoms with Gasteiger partial charge >= 0.3 is 6.18 Å². The third kappa shape index (κ3) is 5.99. The minimum absolute atomic E-state index is 0.0563. The van der Waals surface area contributed by atoms with Crippen LogP contribution in [0.3, 0.4) is 0 Å². The van der Waals surface area contributed by atoms with Crippen LogP contribution in [0.2, 0.25) is 5.15 Å². The lowest BCUT2D eigenvalue weighted by molar-refractivity contribution is -0.137. The largest absolute Gasteiger partial charge is 0.416 e. The van der Waals surface area contributed by atoms with Crippen molar-refractivity contribution in [1.82, 2.24) is 4.98 Å². The molecule has 1 rings (SSSR count). The van der Waals surface area contributed by atoms with Gasteiger partial charge in [0.25, 0.3) is 0 Å². The number of rotatable bonds is 6. The Hall–Kier alpha value is -0.970. The molecule has 0 radical (unpaired) electrons. The summed E-state index contributed by atoms with van der Waals surface area (Å²) in [6, 6.07) is 1.88. The molecule has 0 aromatic carbocycles. The Kier molecular flexibility index (Phi) is 6.11. The normalized spacial score (nSPS) is 13.6. The first kappa shape index (κ1) is 17.1. The molecular formula is C14H20ClF3N2. The molecule has 0 spiro atoms. The summed E-state index contributed by atoms with van der Waals surface area (Å²) >= 11 is 5.63. The van der Waals surface area contributed by atoms with Gasteiger partial charge in [-0.3, -0.25) is 0 Å². The highest BCUT2D eigenvalue weighted by atomic mass is 35.5. The Morgan fingerprint density at radius 3 is 2.40 bits per heavy atom. The molecule has 1 heterocycles. The van der Waals surface area contributed by atoms with E-state index < -0.39 is 11.7 Å². The highest BCUT2D eigenvalue weighted by molar-refractivity contribution is 6.29. The zero-order valence-corrected chi connectivity index (χ0v) is 12.6. The molecule has 1 aromatic heterocycles. The summed E-state index contributed by atoms with van der Waals surface area (Å²) in [6.07, 6.45) is -1.40. The number of hydrogen-bond donors (Lipinski definition) is 1. The van der Waals surface area contributed by atoms with Gasteiger partial charge < -0.3 is 5.32 Å². The van der Waals surface area contributed by atoms with Crippen molar-refractivity contribution in [2.45, 2.75) is 52.3 Å². The van der Waals surface area contributed by atoms with Gasteiger partial charge in [-0.15, -0.1) is 0 Å². The number of anilines is 1. The van der Waals surface area contributed by atoms with E-state index in [1.165, 1.54) is 0 Å². The standard InChI is InChI=1S/C14H20ClF3N2/c1-9(2)5-4-6-10(3)19-13-8-11(14(16,17)18)7-12(15)20-13/h7-10H,4-6H2,1-3H3,(H,19,20). The fourth-order valence-electron chi connectivity index (χ4n) is 1.89. The minimum atomic E-state index is -4.41. The van der Waals surface area contributed by atoms with Crippen LogP contribution < -0.4 is 5.32 Å². The summed E-state index contributed by atoms with van der Waals surface area (Å²) in [4.78, 5) is 3.88. The van der Waals surface area contributed by atoms with E-state index in [1.807, 2.05) is 6.92 Å². The fraction of sp³-hybridized carbons (Fsp3) is 0.643. The van der Waals surface area contributed by atoms with Gasteiger partial charge in [0, 0.05) is 6.04 Å². The maximum absolute atomic E-state index is 12.7. The second kappa shape index (κ2) is 7.16. The predicted octanol–water partition coefficient (Wildman–Crippen LogP) is 5.38. The Balaban J connectivity index is 2.65. The number of aromatic nitrogens is 1. The molecule has 1 unspecified atom stereocenters. The molecule has 20 heavy (non-hydrogen) atoms. The first-order valence-electron chi connectivity index (χ1n) is 6.70. The quantitative estimate of drug-likeness (QED) is 0.714. The van der Waals surface area contributed by atoms with E-state index >= 15 is 0 Å². The van der Waals surface area contributed by atoms with E-state index in [0.29, 0.717) is 5.92 Å². The van der Waals surface area contributed by atoms with Gasteiger partial charge in [0.15, 0.2) is 0 Å². The smallest absolute Gasteiger partial charge is 0.368 e. The van der Waals surface area contributed by atoms with Gasteiger partial charge in [-0.25, -0.2) is 4.98 Å². The molecule has 0 aliphatic carbocycles. The molecule has 0 saturated carbocycles. The molecular weight excluding hydrogens is 289 g/mol. The van der Waals surface area contributed by atoms with E-state index in [-0.39, 0.29) is 17.0 Å². The van der Waals surface area contributed by atoms with Crippen LogP contribution >= 0.6 is 11.6 Å². The van der Waals surface area contributed by atoms with E-state index in [9.17, 15) is 13.2 Å². The molecule has 1 atom stereocenters. The summed E-state index contributed by atoms with van der Waals surface area (Å²) in [5.41, 5.74) is -0.783. The molecule has 0 saturated heterocycles. The van der Waals surface area contributed by atoms with Gasteiger partial charge in [0.1, 0.15) is 11.0 Å². The average molecular weight is 309 g/mol. The number of halogens is 4. The number of hydrogen-bond acceptors (Lipinski definition) is 2. The Labute approximate surface area is 122 Å². The van der Waals surface area contributed by atoms with E-state index in [1.54, 1.807) is 0 Å². The second-order valence-corrected chi connectivity index (χ2v) is 5.82. The number of nitrogens with one attached hydrogen (secondary N) is 1. The van der Waals surface area contributed by atoms with Crippen LogP contribution in [0.15, 0.2) is 12.1 Å². The number of pyridine rings is 1. The van der Waals surface area contributed by atoms with Crippen molar-refractivity contribution in [3.8, 4) is 0 Å². The topological polar surface area (TPSA) is 24.9 Å². The first-order valence-corrected chi connectivity index (χ1v) is 7.07. The average Bonchev–Trinajstić information content (AvgIpc) is 2.26. The molecule has 0 bridgehead atoms. The van der Waals surface area contributed by atoms with Crippen molar-refractivity contribution >= 4 is 17.4 Å². The van der Waals surface area contributed by atoms with Crippen LogP contribution in [0.25, 0.3) is 0 Å². The van der Waals surface area contributed by atoms with Crippen LogP contribution in [0.5, 0.6) is 0 Å². The summed E-state index contributed by atoms with van der Waals surface area (Å²) < 4.78 is 38.0. The lowest BCUT2D eigenvalue weighted by Gasteiger charge is -2.16. The van der Waals surface area contributed by atoms with Crippen molar-refractivity contribution < 1.29 is 13.2 Å². The molecule has 0 aliphatic heterocycles. The number of alkyl halides is 3. The van der Waals surface area contributed by atoms with Gasteiger partial charge in [-0.05, 0) is 31.4 Å². The zero-order chi connectivity index (χ0) is 15.3. The first-order chi connectivity index (χ1) is 9.18. The maximum Gasteiger partial charge on any atom is 0.416 e. The zero-order valence-electron chi connectivity index (χ0n) is 11.9. The third-order valence-corrected chi connectivity index (χ3v) is 3.13. The van der Waals surface area contributed by atoms with Gasteiger partial charge in [0.2, 0.25) is 0 Å². The SMILES string of the molecule is CC(C)CCCC(C)Nc1cc(C(F)(F)F)cc(Cl)n1. The highest BCUT2D eigenvalue weighted by Gasteiger charge is 2.31. The van der Waals surface area contributed by atoms with E-state index in [0.717, 1.165) is 31.4 Å². The van der Waals surface area contributed by atoms with Crippen LogP contribution in [0.4, 0.5) is 19.0 Å². The van der Waals surface area contributed by atoms with Gasteiger partial charge in [0.05, 0.1) is 5.56 Å². The molecule has 1 N–H and O–H groups in total. The molecule has 0 fully saturated rings. The van der Waals surface area contributed by atoms with Crippen LogP contribution in [0, 0.1) is 5.92 Å². The lowest BCUT2D eigenvalue weighted by atomic mass is 10.0.